The lowest BCUT2D eigenvalue weighted by atomic mass is 9.45. The van der Waals surface area contributed by atoms with Crippen molar-refractivity contribution in [2.75, 3.05) is 6.54 Å². The van der Waals surface area contributed by atoms with Crippen LogP contribution < -0.4 is 5.73 Å². The van der Waals surface area contributed by atoms with E-state index in [-0.39, 0.29) is 0 Å². The topological polar surface area (TPSA) is 26.0 Å². The summed E-state index contributed by atoms with van der Waals surface area (Å²) in [5, 5.41) is 0. The van der Waals surface area contributed by atoms with Gasteiger partial charge in [-0.05, 0) is 105 Å². The van der Waals surface area contributed by atoms with Crippen molar-refractivity contribution >= 4 is 0 Å². The minimum absolute atomic E-state index is 0.586. The lowest BCUT2D eigenvalue weighted by Gasteiger charge is -2.60. The van der Waals surface area contributed by atoms with Gasteiger partial charge in [-0.15, -0.1) is 0 Å². The molecule has 4 aliphatic carbocycles. The molecule has 0 heterocycles. The second-order valence-corrected chi connectivity index (χ2v) is 9.76. The van der Waals surface area contributed by atoms with Crippen molar-refractivity contribution in [3.05, 3.63) is 0 Å². The third kappa shape index (κ3) is 2.29. The van der Waals surface area contributed by atoms with Crippen LogP contribution in [0.4, 0.5) is 0 Å². The molecular weight excluding hydrogens is 266 g/mol. The van der Waals surface area contributed by atoms with Gasteiger partial charge in [0.25, 0.3) is 0 Å². The van der Waals surface area contributed by atoms with Gasteiger partial charge >= 0.3 is 0 Å². The van der Waals surface area contributed by atoms with Gasteiger partial charge in [0.15, 0.2) is 0 Å². The zero-order valence-corrected chi connectivity index (χ0v) is 14.9. The molecule has 4 saturated carbocycles. The zero-order valence-electron chi connectivity index (χ0n) is 14.9. The standard InChI is InChI=1S/C21H37N/c1-14-6-8-17-15(12-14)7-9-19-18(17)10-11-21(2)16(13-22)4-3-5-20(19)21/h14-20H,3-13,22H2,1-2H3. The smallest absolute Gasteiger partial charge is 0.00436 e. The van der Waals surface area contributed by atoms with E-state index in [1.165, 1.54) is 38.5 Å². The SMILES string of the molecule is CC1CCC2C(CCC3C2CCC2(C)C(CN)CCCC32)C1. The fourth-order valence-corrected chi connectivity index (χ4v) is 7.79. The zero-order chi connectivity index (χ0) is 15.3. The Morgan fingerprint density at radius 1 is 0.909 bits per heavy atom. The Morgan fingerprint density at radius 3 is 2.55 bits per heavy atom. The van der Waals surface area contributed by atoms with Gasteiger partial charge in [-0.1, -0.05) is 26.7 Å². The van der Waals surface area contributed by atoms with Crippen molar-refractivity contribution in [1.82, 2.24) is 0 Å². The van der Waals surface area contributed by atoms with Crippen molar-refractivity contribution in [2.45, 2.75) is 78.1 Å². The van der Waals surface area contributed by atoms with Gasteiger partial charge in [0.05, 0.1) is 0 Å². The number of hydrogen-bond acceptors (Lipinski definition) is 1. The van der Waals surface area contributed by atoms with Gasteiger partial charge in [-0.25, -0.2) is 0 Å². The Bertz CT molecular complexity index is 405. The summed E-state index contributed by atoms with van der Waals surface area (Å²) in [4.78, 5) is 0. The molecule has 0 aromatic rings. The maximum absolute atomic E-state index is 6.18. The van der Waals surface area contributed by atoms with Gasteiger partial charge in [-0.2, -0.15) is 0 Å². The second kappa shape index (κ2) is 5.80. The Balaban J connectivity index is 1.56. The van der Waals surface area contributed by atoms with Gasteiger partial charge in [0, 0.05) is 0 Å². The minimum Gasteiger partial charge on any atom is -0.330 e. The molecule has 4 aliphatic rings. The summed E-state index contributed by atoms with van der Waals surface area (Å²) in [7, 11) is 0. The number of nitrogens with two attached hydrogens (primary N) is 1. The predicted octanol–water partition coefficient (Wildman–Crippen LogP) is 5.24. The lowest BCUT2D eigenvalue weighted by Crippen LogP contribution is -2.53. The van der Waals surface area contributed by atoms with E-state index in [1.807, 2.05) is 0 Å². The molecule has 0 bridgehead atoms. The lowest BCUT2D eigenvalue weighted by molar-refractivity contribution is -0.107. The van der Waals surface area contributed by atoms with Crippen molar-refractivity contribution in [3.63, 3.8) is 0 Å². The molecular formula is C21H37N. The van der Waals surface area contributed by atoms with Crippen LogP contribution in [0.25, 0.3) is 0 Å². The summed E-state index contributed by atoms with van der Waals surface area (Å²) < 4.78 is 0. The van der Waals surface area contributed by atoms with Crippen LogP contribution >= 0.6 is 0 Å². The van der Waals surface area contributed by atoms with E-state index in [0.717, 1.165) is 48.0 Å². The first-order valence-corrected chi connectivity index (χ1v) is 10.3. The molecule has 0 saturated heterocycles. The summed E-state index contributed by atoms with van der Waals surface area (Å²) in [5.41, 5.74) is 6.77. The average molecular weight is 304 g/mol. The molecule has 1 heteroatoms. The summed E-state index contributed by atoms with van der Waals surface area (Å²) in [6.07, 6.45) is 15.1. The molecule has 0 amide bonds. The third-order valence-corrected chi connectivity index (χ3v) is 8.94. The van der Waals surface area contributed by atoms with E-state index < -0.39 is 0 Å². The maximum Gasteiger partial charge on any atom is -0.00436 e. The van der Waals surface area contributed by atoms with Crippen LogP contribution in [-0.2, 0) is 0 Å². The normalized spacial score (nSPS) is 55.0. The van der Waals surface area contributed by atoms with Crippen LogP contribution in [0.15, 0.2) is 0 Å². The molecule has 4 rings (SSSR count). The average Bonchev–Trinajstić information content (AvgIpc) is 2.53. The highest BCUT2D eigenvalue weighted by atomic mass is 14.6. The van der Waals surface area contributed by atoms with Gasteiger partial charge in [-0.3, -0.25) is 0 Å². The Labute approximate surface area is 137 Å². The molecule has 0 aromatic heterocycles. The summed E-state index contributed by atoms with van der Waals surface area (Å²) in [5.74, 6) is 7.15. The number of hydrogen-bond donors (Lipinski definition) is 1. The predicted molar refractivity (Wildman–Crippen MR) is 93.4 cm³/mol. The van der Waals surface area contributed by atoms with Crippen LogP contribution in [0.5, 0.6) is 0 Å². The molecule has 0 spiro atoms. The molecule has 0 aromatic carbocycles. The summed E-state index contributed by atoms with van der Waals surface area (Å²) in [6.45, 7) is 6.06. The first-order valence-electron chi connectivity index (χ1n) is 10.3. The van der Waals surface area contributed by atoms with Gasteiger partial charge < -0.3 is 5.73 Å². The molecule has 4 fully saturated rings. The fraction of sp³-hybridized carbons (Fsp3) is 1.00. The largest absolute Gasteiger partial charge is 0.330 e. The van der Waals surface area contributed by atoms with Gasteiger partial charge in [0.2, 0.25) is 0 Å². The highest BCUT2D eigenvalue weighted by Crippen LogP contribution is 2.62. The molecule has 126 valence electrons. The van der Waals surface area contributed by atoms with E-state index in [1.54, 1.807) is 25.7 Å². The van der Waals surface area contributed by atoms with Crippen molar-refractivity contribution in [3.8, 4) is 0 Å². The highest BCUT2D eigenvalue weighted by molar-refractivity contribution is 5.04. The number of fused-ring (bicyclic) bond motifs is 5. The molecule has 1 nitrogen and oxygen atoms in total. The molecule has 0 aliphatic heterocycles. The summed E-state index contributed by atoms with van der Waals surface area (Å²) >= 11 is 0. The van der Waals surface area contributed by atoms with Crippen LogP contribution in [0.2, 0.25) is 0 Å². The molecule has 22 heavy (non-hydrogen) atoms. The highest BCUT2D eigenvalue weighted by Gasteiger charge is 2.54. The second-order valence-electron chi connectivity index (χ2n) is 9.76. The van der Waals surface area contributed by atoms with Crippen LogP contribution in [-0.4, -0.2) is 6.54 Å². The van der Waals surface area contributed by atoms with Crippen LogP contribution in [0, 0.1) is 46.8 Å². The van der Waals surface area contributed by atoms with Crippen molar-refractivity contribution in [2.24, 2.45) is 52.6 Å². The molecule has 8 unspecified atom stereocenters. The Kier molecular flexibility index (Phi) is 4.08. The molecule has 8 atom stereocenters. The quantitative estimate of drug-likeness (QED) is 0.704. The Morgan fingerprint density at radius 2 is 1.73 bits per heavy atom. The van der Waals surface area contributed by atoms with Crippen LogP contribution in [0.1, 0.15) is 78.1 Å². The molecule has 2 N–H and O–H groups in total. The first kappa shape index (κ1) is 15.5. The first-order chi connectivity index (χ1) is 10.6. The molecule has 0 radical (unpaired) electrons. The van der Waals surface area contributed by atoms with Gasteiger partial charge in [0.1, 0.15) is 0 Å². The van der Waals surface area contributed by atoms with E-state index in [4.69, 9.17) is 5.73 Å². The van der Waals surface area contributed by atoms with E-state index in [2.05, 4.69) is 13.8 Å². The minimum atomic E-state index is 0.586. The maximum atomic E-state index is 6.18. The van der Waals surface area contributed by atoms with Crippen molar-refractivity contribution < 1.29 is 0 Å². The van der Waals surface area contributed by atoms with E-state index in [0.29, 0.717) is 5.41 Å². The third-order valence-electron chi connectivity index (χ3n) is 8.94. The van der Waals surface area contributed by atoms with Crippen LogP contribution in [0.3, 0.4) is 0 Å². The van der Waals surface area contributed by atoms with Crippen molar-refractivity contribution in [1.29, 1.82) is 0 Å². The fourth-order valence-electron chi connectivity index (χ4n) is 7.79. The summed E-state index contributed by atoms with van der Waals surface area (Å²) in [6, 6.07) is 0. The van der Waals surface area contributed by atoms with E-state index in [9.17, 15) is 0 Å². The Hall–Kier alpha value is -0.0400. The number of rotatable bonds is 1. The monoisotopic (exact) mass is 303 g/mol. The van der Waals surface area contributed by atoms with E-state index >= 15 is 0 Å².